The van der Waals surface area contributed by atoms with Gasteiger partial charge in [0, 0.05) is 11.6 Å². The Morgan fingerprint density at radius 3 is 2.42 bits per heavy atom. The van der Waals surface area contributed by atoms with Crippen molar-refractivity contribution in [1.29, 1.82) is 0 Å². The van der Waals surface area contributed by atoms with Gasteiger partial charge in [-0.05, 0) is 31.2 Å². The monoisotopic (exact) mass is 267 g/mol. The molecular formula is C14H15F2NO2. The molecule has 2 atom stereocenters. The molecule has 1 aromatic carbocycles. The summed E-state index contributed by atoms with van der Waals surface area (Å²) in [6.07, 6.45) is 1.48. The van der Waals surface area contributed by atoms with Crippen molar-refractivity contribution in [1.82, 2.24) is 5.32 Å². The van der Waals surface area contributed by atoms with E-state index in [2.05, 4.69) is 5.32 Å². The highest BCUT2D eigenvalue weighted by molar-refractivity contribution is 5.23. The van der Waals surface area contributed by atoms with Crippen LogP contribution >= 0.6 is 0 Å². The van der Waals surface area contributed by atoms with Crippen molar-refractivity contribution in [3.63, 3.8) is 0 Å². The number of benzene rings is 1. The maximum Gasteiger partial charge on any atom is 0.130 e. The van der Waals surface area contributed by atoms with Gasteiger partial charge in [0.2, 0.25) is 0 Å². The van der Waals surface area contributed by atoms with Gasteiger partial charge in [0.05, 0.1) is 18.9 Å². The highest BCUT2D eigenvalue weighted by atomic mass is 19.1. The highest BCUT2D eigenvalue weighted by Crippen LogP contribution is 2.24. The molecule has 5 heteroatoms. The third-order valence-electron chi connectivity index (χ3n) is 2.95. The number of aliphatic hydroxyl groups excluding tert-OH is 1. The minimum absolute atomic E-state index is 0.0486. The second-order valence-corrected chi connectivity index (χ2v) is 4.27. The molecule has 0 aliphatic rings. The van der Waals surface area contributed by atoms with E-state index in [0.717, 1.165) is 0 Å². The van der Waals surface area contributed by atoms with Gasteiger partial charge in [-0.15, -0.1) is 0 Å². The summed E-state index contributed by atoms with van der Waals surface area (Å²) in [6, 6.07) is 6.01. The molecule has 2 N–H and O–H groups in total. The predicted molar refractivity (Wildman–Crippen MR) is 66.4 cm³/mol. The van der Waals surface area contributed by atoms with Crippen molar-refractivity contribution in [2.75, 3.05) is 6.61 Å². The third-order valence-corrected chi connectivity index (χ3v) is 2.95. The number of aliphatic hydroxyl groups is 1. The maximum atomic E-state index is 13.6. The summed E-state index contributed by atoms with van der Waals surface area (Å²) in [5.74, 6) is -0.710. The van der Waals surface area contributed by atoms with Crippen LogP contribution < -0.4 is 5.32 Å². The fraction of sp³-hybridized carbons (Fsp3) is 0.286. The smallest absolute Gasteiger partial charge is 0.130 e. The van der Waals surface area contributed by atoms with E-state index >= 15 is 0 Å². The lowest BCUT2D eigenvalue weighted by Crippen LogP contribution is -2.28. The molecule has 19 heavy (non-hydrogen) atoms. The van der Waals surface area contributed by atoms with E-state index in [1.165, 1.54) is 24.5 Å². The first-order valence-electron chi connectivity index (χ1n) is 5.97. The minimum Gasteiger partial charge on any atom is -0.468 e. The summed E-state index contributed by atoms with van der Waals surface area (Å²) in [6.45, 7) is 1.40. The highest BCUT2D eigenvalue weighted by Gasteiger charge is 2.21. The number of hydrogen-bond acceptors (Lipinski definition) is 3. The molecule has 0 bridgehead atoms. The average molecular weight is 267 g/mol. The molecule has 102 valence electrons. The lowest BCUT2D eigenvalue weighted by molar-refractivity contribution is 0.215. The van der Waals surface area contributed by atoms with Gasteiger partial charge in [0.25, 0.3) is 0 Å². The van der Waals surface area contributed by atoms with E-state index in [4.69, 9.17) is 4.42 Å². The Balaban J connectivity index is 2.18. The predicted octanol–water partition coefficient (Wildman–Crippen LogP) is 2.94. The van der Waals surface area contributed by atoms with Gasteiger partial charge in [-0.3, -0.25) is 5.32 Å². The van der Waals surface area contributed by atoms with Crippen molar-refractivity contribution in [2.24, 2.45) is 0 Å². The van der Waals surface area contributed by atoms with Gasteiger partial charge in [0.1, 0.15) is 17.4 Å². The van der Waals surface area contributed by atoms with Gasteiger partial charge >= 0.3 is 0 Å². The molecule has 2 aromatic rings. The molecule has 0 fully saturated rings. The largest absolute Gasteiger partial charge is 0.468 e. The second kappa shape index (κ2) is 5.95. The van der Waals surface area contributed by atoms with Crippen molar-refractivity contribution in [3.05, 3.63) is 59.6 Å². The SMILES string of the molecule is CC(NC(CO)c1ccco1)c1c(F)cccc1F. The van der Waals surface area contributed by atoms with Crippen LogP contribution in [0.1, 0.15) is 30.3 Å². The van der Waals surface area contributed by atoms with Crippen molar-refractivity contribution >= 4 is 0 Å². The Hall–Kier alpha value is -1.72. The van der Waals surface area contributed by atoms with Crippen LogP contribution in [0, 0.1) is 11.6 Å². The molecule has 0 saturated carbocycles. The number of rotatable bonds is 5. The lowest BCUT2D eigenvalue weighted by atomic mass is 10.1. The molecule has 2 rings (SSSR count). The van der Waals surface area contributed by atoms with E-state index in [1.54, 1.807) is 19.1 Å². The topological polar surface area (TPSA) is 45.4 Å². The van der Waals surface area contributed by atoms with Gasteiger partial charge in [-0.1, -0.05) is 6.07 Å². The fourth-order valence-corrected chi connectivity index (χ4v) is 2.02. The third kappa shape index (κ3) is 3.00. The molecule has 0 saturated heterocycles. The van der Waals surface area contributed by atoms with Crippen molar-refractivity contribution in [2.45, 2.75) is 19.0 Å². The quantitative estimate of drug-likeness (QED) is 0.875. The fourth-order valence-electron chi connectivity index (χ4n) is 2.02. The summed E-state index contributed by atoms with van der Waals surface area (Å²) in [7, 11) is 0. The molecule has 0 radical (unpaired) electrons. The van der Waals surface area contributed by atoms with Crippen LogP contribution in [0.4, 0.5) is 8.78 Å². The lowest BCUT2D eigenvalue weighted by Gasteiger charge is -2.21. The molecular weight excluding hydrogens is 252 g/mol. The number of hydrogen-bond donors (Lipinski definition) is 2. The molecule has 1 aromatic heterocycles. The Bertz CT molecular complexity index is 508. The van der Waals surface area contributed by atoms with Gasteiger partial charge < -0.3 is 9.52 Å². The zero-order valence-corrected chi connectivity index (χ0v) is 10.4. The first-order valence-corrected chi connectivity index (χ1v) is 5.97. The zero-order chi connectivity index (χ0) is 13.8. The normalized spacial score (nSPS) is 14.3. The molecule has 0 spiro atoms. The van der Waals surface area contributed by atoms with E-state index in [1.807, 2.05) is 0 Å². The summed E-state index contributed by atoms with van der Waals surface area (Å²) < 4.78 is 32.4. The van der Waals surface area contributed by atoms with E-state index in [9.17, 15) is 13.9 Å². The minimum atomic E-state index is -0.615. The molecule has 0 aliphatic carbocycles. The standard InChI is InChI=1S/C14H15F2NO2/c1-9(14-10(15)4-2-5-11(14)16)17-12(8-18)13-6-3-7-19-13/h2-7,9,12,17-18H,8H2,1H3. The van der Waals surface area contributed by atoms with Crippen LogP contribution in [0.3, 0.4) is 0 Å². The van der Waals surface area contributed by atoms with Crippen LogP contribution in [0.15, 0.2) is 41.0 Å². The Morgan fingerprint density at radius 2 is 1.89 bits per heavy atom. The Labute approximate surface area is 109 Å². The summed E-state index contributed by atoms with van der Waals surface area (Å²) in [5.41, 5.74) is -0.0486. The molecule has 3 nitrogen and oxygen atoms in total. The van der Waals surface area contributed by atoms with Crippen LogP contribution in [0.25, 0.3) is 0 Å². The van der Waals surface area contributed by atoms with Crippen molar-refractivity contribution in [3.8, 4) is 0 Å². The first-order chi connectivity index (χ1) is 9.13. The van der Waals surface area contributed by atoms with Gasteiger partial charge in [0.15, 0.2) is 0 Å². The number of nitrogens with one attached hydrogen (secondary N) is 1. The molecule has 0 aliphatic heterocycles. The number of furan rings is 1. The molecule has 2 unspecified atom stereocenters. The average Bonchev–Trinajstić information content (AvgIpc) is 2.89. The van der Waals surface area contributed by atoms with E-state index < -0.39 is 23.7 Å². The molecule has 0 amide bonds. The first kappa shape index (κ1) is 13.7. The summed E-state index contributed by atoms with van der Waals surface area (Å²) in [4.78, 5) is 0. The Morgan fingerprint density at radius 1 is 1.21 bits per heavy atom. The zero-order valence-electron chi connectivity index (χ0n) is 10.4. The van der Waals surface area contributed by atoms with Crippen molar-refractivity contribution < 1.29 is 18.3 Å². The molecule has 1 heterocycles. The van der Waals surface area contributed by atoms with E-state index in [-0.39, 0.29) is 12.2 Å². The number of halogens is 2. The van der Waals surface area contributed by atoms with Crippen LogP contribution in [0.5, 0.6) is 0 Å². The Kier molecular flexibility index (Phi) is 4.29. The van der Waals surface area contributed by atoms with Gasteiger partial charge in [-0.2, -0.15) is 0 Å². The van der Waals surface area contributed by atoms with Crippen LogP contribution in [0.2, 0.25) is 0 Å². The van der Waals surface area contributed by atoms with Crippen LogP contribution in [-0.2, 0) is 0 Å². The van der Waals surface area contributed by atoms with E-state index in [0.29, 0.717) is 5.76 Å². The maximum absolute atomic E-state index is 13.6. The van der Waals surface area contributed by atoms with Crippen LogP contribution in [-0.4, -0.2) is 11.7 Å². The summed E-state index contributed by atoms with van der Waals surface area (Å²) in [5, 5.41) is 12.3. The summed E-state index contributed by atoms with van der Waals surface area (Å²) >= 11 is 0. The van der Waals surface area contributed by atoms with Gasteiger partial charge in [-0.25, -0.2) is 8.78 Å². The second-order valence-electron chi connectivity index (χ2n) is 4.27.